The molecule has 0 heterocycles. The molecule has 1 rings (SSSR count). The molecule has 0 aromatic heterocycles. The molecule has 0 N–H and O–H groups in total. The first-order valence-corrected chi connectivity index (χ1v) is 4.52. The third kappa shape index (κ3) is 2.24. The molecule has 13 heavy (non-hydrogen) atoms. The summed E-state index contributed by atoms with van der Waals surface area (Å²) in [5.41, 5.74) is 0.288. The van der Waals surface area contributed by atoms with Crippen molar-refractivity contribution < 1.29 is 9.31 Å². The first kappa shape index (κ1) is 10.1. The molecule has 1 unspecified atom stereocenters. The van der Waals surface area contributed by atoms with Gasteiger partial charge in [0.1, 0.15) is 5.82 Å². The normalized spacial score (nSPS) is 12.5. The minimum atomic E-state index is -0.594. The first-order valence-electron chi connectivity index (χ1n) is 3.60. The van der Waals surface area contributed by atoms with E-state index in [0.29, 0.717) is 5.56 Å². The van der Waals surface area contributed by atoms with Gasteiger partial charge in [-0.3, -0.25) is 10.1 Å². The molecule has 0 saturated heterocycles. The number of halogens is 2. The number of alkyl halides is 1. The Kier molecular flexibility index (Phi) is 2.98. The average Bonchev–Trinajstić information content (AvgIpc) is 2.03. The number of hydrogen-bond acceptors (Lipinski definition) is 2. The zero-order valence-corrected chi connectivity index (χ0v) is 8.42. The summed E-state index contributed by atoms with van der Waals surface area (Å²) in [4.78, 5) is 9.75. The van der Waals surface area contributed by atoms with E-state index in [1.54, 1.807) is 6.92 Å². The summed E-state index contributed by atoms with van der Waals surface area (Å²) in [6.07, 6.45) is 0. The van der Waals surface area contributed by atoms with E-state index in [1.807, 2.05) is 0 Å². The number of nitro benzene ring substituents is 1. The molecule has 0 aliphatic rings. The summed E-state index contributed by atoms with van der Waals surface area (Å²) < 4.78 is 12.7. The molecular weight excluding hydrogens is 241 g/mol. The lowest BCUT2D eigenvalue weighted by Crippen LogP contribution is -1.96. The molecule has 1 aromatic carbocycles. The summed E-state index contributed by atoms with van der Waals surface area (Å²) in [5.74, 6) is -0.594. The van der Waals surface area contributed by atoms with Gasteiger partial charge in [0.2, 0.25) is 0 Å². The van der Waals surface area contributed by atoms with Gasteiger partial charge in [0.05, 0.1) is 11.0 Å². The lowest BCUT2D eigenvalue weighted by molar-refractivity contribution is -0.385. The smallest absolute Gasteiger partial charge is 0.258 e. The van der Waals surface area contributed by atoms with E-state index in [1.165, 1.54) is 12.1 Å². The topological polar surface area (TPSA) is 43.1 Å². The van der Waals surface area contributed by atoms with Crippen LogP contribution in [0.4, 0.5) is 10.1 Å². The highest BCUT2D eigenvalue weighted by Crippen LogP contribution is 2.30. The maximum Gasteiger partial charge on any atom is 0.276 e. The van der Waals surface area contributed by atoms with Gasteiger partial charge in [-0.1, -0.05) is 15.9 Å². The molecule has 0 spiro atoms. The fraction of sp³-hybridized carbons (Fsp3) is 0.250. The lowest BCUT2D eigenvalue weighted by Gasteiger charge is -2.03. The van der Waals surface area contributed by atoms with Gasteiger partial charge in [-0.05, 0) is 19.1 Å². The van der Waals surface area contributed by atoms with Gasteiger partial charge >= 0.3 is 0 Å². The Balaban J connectivity index is 3.27. The van der Waals surface area contributed by atoms with Crippen LogP contribution in [-0.2, 0) is 0 Å². The Morgan fingerprint density at radius 1 is 1.62 bits per heavy atom. The molecule has 0 amide bonds. The second kappa shape index (κ2) is 3.83. The fourth-order valence-electron chi connectivity index (χ4n) is 1.01. The van der Waals surface area contributed by atoms with Crippen molar-refractivity contribution >= 4 is 21.6 Å². The second-order valence-corrected chi connectivity index (χ2v) is 3.95. The Hall–Kier alpha value is -0.970. The standard InChI is InChI=1S/C8H7BrFNO2/c1-5(9)7-3-2-6(10)4-8(7)11(12)13/h2-5H,1H3. The van der Waals surface area contributed by atoms with Crippen molar-refractivity contribution in [3.63, 3.8) is 0 Å². The molecule has 0 aliphatic heterocycles. The molecule has 70 valence electrons. The monoisotopic (exact) mass is 247 g/mol. The van der Waals surface area contributed by atoms with E-state index in [-0.39, 0.29) is 10.5 Å². The largest absolute Gasteiger partial charge is 0.276 e. The number of hydrogen-bond donors (Lipinski definition) is 0. The SMILES string of the molecule is CC(Br)c1ccc(F)cc1[N+](=O)[O-]. The van der Waals surface area contributed by atoms with E-state index in [0.717, 1.165) is 6.07 Å². The Labute approximate surface area is 82.8 Å². The van der Waals surface area contributed by atoms with Crippen molar-refractivity contribution in [3.8, 4) is 0 Å². The van der Waals surface area contributed by atoms with Crippen LogP contribution in [0.25, 0.3) is 0 Å². The van der Waals surface area contributed by atoms with E-state index >= 15 is 0 Å². The van der Waals surface area contributed by atoms with E-state index in [2.05, 4.69) is 15.9 Å². The van der Waals surface area contributed by atoms with Crippen molar-refractivity contribution in [2.75, 3.05) is 0 Å². The van der Waals surface area contributed by atoms with Crippen LogP contribution in [0.15, 0.2) is 18.2 Å². The number of rotatable bonds is 2. The molecule has 3 nitrogen and oxygen atoms in total. The predicted molar refractivity (Wildman–Crippen MR) is 50.4 cm³/mol. The summed E-state index contributed by atoms with van der Waals surface area (Å²) >= 11 is 3.20. The maximum absolute atomic E-state index is 12.7. The molecular formula is C8H7BrFNO2. The van der Waals surface area contributed by atoms with Crippen LogP contribution >= 0.6 is 15.9 Å². The van der Waals surface area contributed by atoms with E-state index in [4.69, 9.17) is 0 Å². The van der Waals surface area contributed by atoms with Crippen molar-refractivity contribution in [1.82, 2.24) is 0 Å². The van der Waals surface area contributed by atoms with Gasteiger partial charge in [0.25, 0.3) is 5.69 Å². The van der Waals surface area contributed by atoms with Crippen LogP contribution in [0.1, 0.15) is 17.3 Å². The van der Waals surface area contributed by atoms with Gasteiger partial charge in [-0.2, -0.15) is 0 Å². The molecule has 0 aliphatic carbocycles. The second-order valence-electron chi connectivity index (χ2n) is 2.58. The summed E-state index contributed by atoms with van der Waals surface area (Å²) in [6.45, 7) is 1.75. The Bertz CT molecular complexity index is 341. The van der Waals surface area contributed by atoms with E-state index in [9.17, 15) is 14.5 Å². The first-order chi connectivity index (χ1) is 6.02. The van der Waals surface area contributed by atoms with Crippen LogP contribution in [0, 0.1) is 15.9 Å². The van der Waals surface area contributed by atoms with Crippen molar-refractivity contribution in [2.24, 2.45) is 0 Å². The summed E-state index contributed by atoms with van der Waals surface area (Å²) in [5, 5.41) is 10.5. The average molecular weight is 248 g/mol. The molecule has 1 atom stereocenters. The third-order valence-electron chi connectivity index (χ3n) is 1.62. The van der Waals surface area contributed by atoms with Crippen molar-refractivity contribution in [3.05, 3.63) is 39.7 Å². The van der Waals surface area contributed by atoms with E-state index < -0.39 is 10.7 Å². The summed E-state index contributed by atoms with van der Waals surface area (Å²) in [7, 11) is 0. The van der Waals surface area contributed by atoms with Crippen LogP contribution in [0.2, 0.25) is 0 Å². The third-order valence-corrected chi connectivity index (χ3v) is 2.11. The van der Waals surface area contributed by atoms with Gasteiger partial charge in [-0.25, -0.2) is 4.39 Å². The number of nitro groups is 1. The van der Waals surface area contributed by atoms with Crippen LogP contribution in [0.5, 0.6) is 0 Å². The molecule has 1 aromatic rings. The molecule has 0 saturated carbocycles. The quantitative estimate of drug-likeness (QED) is 0.458. The number of nitrogens with zero attached hydrogens (tertiary/aromatic N) is 1. The molecule has 0 bridgehead atoms. The van der Waals surface area contributed by atoms with Crippen LogP contribution in [-0.4, -0.2) is 4.92 Å². The van der Waals surface area contributed by atoms with Crippen LogP contribution < -0.4 is 0 Å². The zero-order valence-electron chi connectivity index (χ0n) is 6.83. The zero-order chi connectivity index (χ0) is 10.0. The highest BCUT2D eigenvalue weighted by atomic mass is 79.9. The number of benzene rings is 1. The summed E-state index contributed by atoms with van der Waals surface area (Å²) in [6, 6.07) is 3.54. The minimum absolute atomic E-state index is 0.159. The maximum atomic E-state index is 12.7. The Morgan fingerprint density at radius 2 is 2.23 bits per heavy atom. The van der Waals surface area contributed by atoms with Gasteiger partial charge < -0.3 is 0 Å². The van der Waals surface area contributed by atoms with Crippen molar-refractivity contribution in [1.29, 1.82) is 0 Å². The Morgan fingerprint density at radius 3 is 2.69 bits per heavy atom. The van der Waals surface area contributed by atoms with Gasteiger partial charge in [0.15, 0.2) is 0 Å². The van der Waals surface area contributed by atoms with Gasteiger partial charge in [-0.15, -0.1) is 0 Å². The highest BCUT2D eigenvalue weighted by molar-refractivity contribution is 9.09. The molecule has 0 fully saturated rings. The fourth-order valence-corrected chi connectivity index (χ4v) is 1.40. The van der Waals surface area contributed by atoms with Gasteiger partial charge in [0, 0.05) is 10.4 Å². The highest BCUT2D eigenvalue weighted by Gasteiger charge is 2.17. The van der Waals surface area contributed by atoms with Crippen LogP contribution in [0.3, 0.4) is 0 Å². The molecule has 0 radical (unpaired) electrons. The lowest BCUT2D eigenvalue weighted by atomic mass is 10.1. The minimum Gasteiger partial charge on any atom is -0.258 e. The van der Waals surface area contributed by atoms with Crippen molar-refractivity contribution in [2.45, 2.75) is 11.8 Å². The molecule has 5 heteroatoms. The predicted octanol–water partition coefficient (Wildman–Crippen LogP) is 3.19.